The van der Waals surface area contributed by atoms with E-state index in [4.69, 9.17) is 0 Å². The molecule has 132 valence electrons. The molecule has 1 atom stereocenters. The van der Waals surface area contributed by atoms with Crippen LogP contribution in [-0.2, 0) is 17.1 Å². The molecule has 0 radical (unpaired) electrons. The first-order chi connectivity index (χ1) is 10.9. The Morgan fingerprint density at radius 2 is 1.83 bits per heavy atom. The summed E-state index contributed by atoms with van der Waals surface area (Å²) in [6.45, 7) is 4.55. The van der Waals surface area contributed by atoms with Crippen LogP contribution in [0.3, 0.4) is 0 Å². The number of alkyl halides is 3. The van der Waals surface area contributed by atoms with Gasteiger partial charge in [-0.05, 0) is 38.5 Å². The van der Waals surface area contributed by atoms with Gasteiger partial charge in [-0.3, -0.25) is 4.68 Å². The zero-order chi connectivity index (χ0) is 18.3. The summed E-state index contributed by atoms with van der Waals surface area (Å²) >= 11 is 0. The molecule has 24 heavy (non-hydrogen) atoms. The van der Waals surface area contributed by atoms with E-state index >= 15 is 0 Å². The SMILES string of the molecule is Cc1cccc(S(=O)(=O)NC(c2c(C)nn(C)c2C)C(F)(F)F)c1. The number of aromatic nitrogens is 2. The highest BCUT2D eigenvalue weighted by atomic mass is 32.2. The van der Waals surface area contributed by atoms with Crippen molar-refractivity contribution in [3.8, 4) is 0 Å². The van der Waals surface area contributed by atoms with Gasteiger partial charge in [-0.2, -0.15) is 23.0 Å². The Balaban J connectivity index is 2.51. The zero-order valence-electron chi connectivity index (χ0n) is 13.6. The number of aryl methyl sites for hydroxylation is 3. The molecule has 5 nitrogen and oxygen atoms in total. The van der Waals surface area contributed by atoms with Crippen molar-refractivity contribution in [2.45, 2.75) is 37.9 Å². The van der Waals surface area contributed by atoms with Crippen molar-refractivity contribution in [3.63, 3.8) is 0 Å². The molecular formula is C15H18F3N3O2S. The van der Waals surface area contributed by atoms with Gasteiger partial charge in [0.1, 0.15) is 6.04 Å². The maximum absolute atomic E-state index is 13.5. The second-order valence-electron chi connectivity index (χ2n) is 5.62. The average molecular weight is 361 g/mol. The van der Waals surface area contributed by atoms with Gasteiger partial charge in [0, 0.05) is 18.3 Å². The molecule has 1 N–H and O–H groups in total. The number of nitrogens with one attached hydrogen (secondary N) is 1. The van der Waals surface area contributed by atoms with E-state index in [1.165, 1.54) is 43.8 Å². The summed E-state index contributed by atoms with van der Waals surface area (Å²) in [6, 6.07) is 3.35. The van der Waals surface area contributed by atoms with Gasteiger partial charge in [0.05, 0.1) is 10.6 Å². The van der Waals surface area contributed by atoms with Crippen LogP contribution in [0.5, 0.6) is 0 Å². The molecular weight excluding hydrogens is 343 g/mol. The fourth-order valence-electron chi connectivity index (χ4n) is 2.50. The van der Waals surface area contributed by atoms with Crippen molar-refractivity contribution in [2.24, 2.45) is 7.05 Å². The van der Waals surface area contributed by atoms with Gasteiger partial charge in [-0.15, -0.1) is 0 Å². The van der Waals surface area contributed by atoms with Crippen LogP contribution in [0.4, 0.5) is 13.2 Å². The summed E-state index contributed by atoms with van der Waals surface area (Å²) in [6.07, 6.45) is -4.80. The van der Waals surface area contributed by atoms with E-state index in [9.17, 15) is 21.6 Å². The number of nitrogens with zero attached hydrogens (tertiary/aromatic N) is 2. The number of halogens is 3. The lowest BCUT2D eigenvalue weighted by Crippen LogP contribution is -2.38. The quantitative estimate of drug-likeness (QED) is 0.911. The normalized spacial score (nSPS) is 14.0. The van der Waals surface area contributed by atoms with Gasteiger partial charge < -0.3 is 0 Å². The van der Waals surface area contributed by atoms with Crippen LogP contribution in [0.15, 0.2) is 29.2 Å². The Bertz CT molecular complexity index is 857. The number of sulfonamides is 1. The van der Waals surface area contributed by atoms with E-state index in [1.54, 1.807) is 17.7 Å². The fourth-order valence-corrected chi connectivity index (χ4v) is 3.80. The van der Waals surface area contributed by atoms with Crippen LogP contribution >= 0.6 is 0 Å². The molecule has 9 heteroatoms. The molecule has 0 fully saturated rings. The summed E-state index contributed by atoms with van der Waals surface area (Å²) in [5, 5.41) is 3.94. The lowest BCUT2D eigenvalue weighted by molar-refractivity contribution is -0.153. The van der Waals surface area contributed by atoms with Crippen molar-refractivity contribution in [3.05, 3.63) is 46.8 Å². The van der Waals surface area contributed by atoms with Crippen molar-refractivity contribution in [2.75, 3.05) is 0 Å². The molecule has 2 aromatic rings. The third-order valence-electron chi connectivity index (χ3n) is 3.75. The third kappa shape index (κ3) is 3.62. The van der Waals surface area contributed by atoms with E-state index < -0.39 is 22.2 Å². The predicted molar refractivity (Wildman–Crippen MR) is 83.0 cm³/mol. The highest BCUT2D eigenvalue weighted by Gasteiger charge is 2.46. The maximum atomic E-state index is 13.5. The summed E-state index contributed by atoms with van der Waals surface area (Å²) in [7, 11) is -2.84. The van der Waals surface area contributed by atoms with E-state index in [1.807, 2.05) is 0 Å². The Morgan fingerprint density at radius 1 is 1.21 bits per heavy atom. The van der Waals surface area contributed by atoms with Crippen molar-refractivity contribution < 1.29 is 21.6 Å². The van der Waals surface area contributed by atoms with Gasteiger partial charge in [-0.25, -0.2) is 8.42 Å². The first kappa shape index (κ1) is 18.5. The average Bonchev–Trinajstić information content (AvgIpc) is 2.69. The molecule has 0 saturated carbocycles. The minimum atomic E-state index is -4.80. The summed E-state index contributed by atoms with van der Waals surface area (Å²) in [5.41, 5.74) is 0.836. The number of hydrogen-bond acceptors (Lipinski definition) is 3. The maximum Gasteiger partial charge on any atom is 0.409 e. The minimum absolute atomic E-state index is 0.129. The number of rotatable bonds is 4. The Hall–Kier alpha value is -1.87. The first-order valence-electron chi connectivity index (χ1n) is 7.09. The van der Waals surface area contributed by atoms with Crippen LogP contribution in [0.2, 0.25) is 0 Å². The molecule has 1 unspecified atom stereocenters. The zero-order valence-corrected chi connectivity index (χ0v) is 14.5. The van der Waals surface area contributed by atoms with Gasteiger partial charge in [0.15, 0.2) is 0 Å². The highest BCUT2D eigenvalue weighted by molar-refractivity contribution is 7.89. The predicted octanol–water partition coefficient (Wildman–Crippen LogP) is 2.93. The Kier molecular flexibility index (Phi) is 4.78. The van der Waals surface area contributed by atoms with E-state index in [0.717, 1.165) is 0 Å². The second kappa shape index (κ2) is 6.21. The third-order valence-corrected chi connectivity index (χ3v) is 5.17. The van der Waals surface area contributed by atoms with Crippen LogP contribution in [0.25, 0.3) is 0 Å². The van der Waals surface area contributed by atoms with Crippen molar-refractivity contribution in [1.29, 1.82) is 0 Å². The van der Waals surface area contributed by atoms with Crippen LogP contribution in [-0.4, -0.2) is 24.4 Å². The van der Waals surface area contributed by atoms with Gasteiger partial charge >= 0.3 is 6.18 Å². The topological polar surface area (TPSA) is 64.0 Å². The number of benzene rings is 1. The molecule has 1 aromatic carbocycles. The molecule has 0 bridgehead atoms. The molecule has 0 aliphatic rings. The molecule has 0 aliphatic heterocycles. The van der Waals surface area contributed by atoms with Crippen LogP contribution < -0.4 is 4.72 Å². The van der Waals surface area contributed by atoms with E-state index in [-0.39, 0.29) is 21.8 Å². The van der Waals surface area contributed by atoms with E-state index in [0.29, 0.717) is 5.56 Å². The molecule has 2 rings (SSSR count). The fraction of sp³-hybridized carbons (Fsp3) is 0.400. The lowest BCUT2D eigenvalue weighted by Gasteiger charge is -2.22. The van der Waals surface area contributed by atoms with E-state index in [2.05, 4.69) is 5.10 Å². The number of hydrogen-bond donors (Lipinski definition) is 1. The van der Waals surface area contributed by atoms with Crippen molar-refractivity contribution in [1.82, 2.24) is 14.5 Å². The Labute approximate surface area is 138 Å². The highest BCUT2D eigenvalue weighted by Crippen LogP contribution is 2.37. The molecule has 1 aromatic heterocycles. The summed E-state index contributed by atoms with van der Waals surface area (Å²) in [5.74, 6) is 0. The molecule has 0 spiro atoms. The lowest BCUT2D eigenvalue weighted by atomic mass is 10.1. The monoisotopic (exact) mass is 361 g/mol. The van der Waals surface area contributed by atoms with Crippen molar-refractivity contribution >= 4 is 10.0 Å². The molecule has 1 heterocycles. The first-order valence-corrected chi connectivity index (χ1v) is 8.57. The van der Waals surface area contributed by atoms with Gasteiger partial charge in [-0.1, -0.05) is 12.1 Å². The second-order valence-corrected chi connectivity index (χ2v) is 7.33. The van der Waals surface area contributed by atoms with Gasteiger partial charge in [0.25, 0.3) is 0 Å². The Morgan fingerprint density at radius 3 is 2.29 bits per heavy atom. The minimum Gasteiger partial charge on any atom is -0.272 e. The summed E-state index contributed by atoms with van der Waals surface area (Å²) < 4.78 is 68.5. The molecule has 0 saturated heterocycles. The standard InChI is InChI=1S/C15H18F3N3O2S/c1-9-6-5-7-12(8-9)24(22,23)20-14(15(16,17)18)13-10(2)19-21(4)11(13)3/h5-8,14,20H,1-4H3. The molecule has 0 aliphatic carbocycles. The van der Waals surface area contributed by atoms with Crippen LogP contribution in [0, 0.1) is 20.8 Å². The smallest absolute Gasteiger partial charge is 0.272 e. The largest absolute Gasteiger partial charge is 0.409 e. The van der Waals surface area contributed by atoms with Crippen LogP contribution in [0.1, 0.15) is 28.6 Å². The summed E-state index contributed by atoms with van der Waals surface area (Å²) in [4.78, 5) is -0.212. The molecule has 0 amide bonds. The van der Waals surface area contributed by atoms with Gasteiger partial charge in [0.2, 0.25) is 10.0 Å².